The van der Waals surface area contributed by atoms with Gasteiger partial charge in [0.2, 0.25) is 0 Å². The van der Waals surface area contributed by atoms with E-state index in [0.29, 0.717) is 0 Å². The molecule has 3 nitrogen and oxygen atoms in total. The summed E-state index contributed by atoms with van der Waals surface area (Å²) >= 11 is 0. The molecule has 0 radical (unpaired) electrons. The molecule has 0 aromatic heterocycles. The fraction of sp³-hybridized carbons (Fsp3) is 0.100. The van der Waals surface area contributed by atoms with Gasteiger partial charge in [0.05, 0.1) is 4.90 Å². The number of hydrogen-bond acceptors (Lipinski definition) is 2. The summed E-state index contributed by atoms with van der Waals surface area (Å²) in [6.07, 6.45) is 0. The molecule has 0 saturated heterocycles. The van der Waals surface area contributed by atoms with E-state index in [4.69, 9.17) is 0 Å². The average molecular weight is 370 g/mol. The molecule has 3 rings (SSSR count). The van der Waals surface area contributed by atoms with Gasteiger partial charge in [-0.25, -0.2) is 0 Å². The van der Waals surface area contributed by atoms with E-state index in [9.17, 15) is 13.0 Å². The first-order valence-corrected chi connectivity index (χ1v) is 10.6. The van der Waals surface area contributed by atoms with Crippen molar-refractivity contribution < 1.29 is 13.0 Å². The summed E-state index contributed by atoms with van der Waals surface area (Å²) < 4.78 is 32.7. The molecule has 1 unspecified atom stereocenters. The van der Waals surface area contributed by atoms with Crippen molar-refractivity contribution in [2.75, 3.05) is 0 Å². The summed E-state index contributed by atoms with van der Waals surface area (Å²) in [4.78, 5) is -0.0647. The number of rotatable bonds is 4. The summed E-state index contributed by atoms with van der Waals surface area (Å²) in [5, 5.41) is 3.26. The van der Waals surface area contributed by atoms with Crippen molar-refractivity contribution in [1.82, 2.24) is 0 Å². The van der Waals surface area contributed by atoms with Crippen LogP contribution in [0.5, 0.6) is 0 Å². The molecule has 0 fully saturated rings. The maximum Gasteiger partial charge on any atom is 0.294 e. The smallest absolute Gasteiger partial charge is 0.282 e. The van der Waals surface area contributed by atoms with Gasteiger partial charge in [0.15, 0.2) is 0 Å². The quantitative estimate of drug-likeness (QED) is 0.566. The summed E-state index contributed by atoms with van der Waals surface area (Å²) in [5.74, 6) is 0. The SMILES string of the molecule is Cc1ccccc1P(c1ccccc1)c1cc(S(=O)(=O)O)ccc1C. The zero-order valence-electron chi connectivity index (χ0n) is 14.0. The van der Waals surface area contributed by atoms with Crippen molar-refractivity contribution >= 4 is 34.0 Å². The van der Waals surface area contributed by atoms with Crippen molar-refractivity contribution in [1.29, 1.82) is 0 Å². The molecule has 128 valence electrons. The van der Waals surface area contributed by atoms with Gasteiger partial charge in [-0.1, -0.05) is 60.7 Å². The maximum absolute atomic E-state index is 11.6. The Kier molecular flexibility index (Phi) is 5.05. The molecule has 0 saturated carbocycles. The van der Waals surface area contributed by atoms with Gasteiger partial charge in [-0.15, -0.1) is 0 Å². The Morgan fingerprint density at radius 2 is 1.36 bits per heavy atom. The third-order valence-corrected chi connectivity index (χ3v) is 7.70. The number of aryl methyl sites for hydroxylation is 2. The molecule has 25 heavy (non-hydrogen) atoms. The molecule has 0 bridgehead atoms. The summed E-state index contributed by atoms with van der Waals surface area (Å²) in [5.41, 5.74) is 2.17. The molecule has 3 aromatic rings. The zero-order chi connectivity index (χ0) is 18.0. The molecule has 0 amide bonds. The van der Waals surface area contributed by atoms with Crippen LogP contribution in [0.4, 0.5) is 0 Å². The van der Waals surface area contributed by atoms with Gasteiger partial charge >= 0.3 is 0 Å². The fourth-order valence-corrected chi connectivity index (χ4v) is 6.03. The van der Waals surface area contributed by atoms with Crippen LogP contribution in [-0.4, -0.2) is 13.0 Å². The van der Waals surface area contributed by atoms with Crippen LogP contribution in [0.1, 0.15) is 11.1 Å². The van der Waals surface area contributed by atoms with Gasteiger partial charge < -0.3 is 0 Å². The highest BCUT2D eigenvalue weighted by Gasteiger charge is 2.22. The first-order valence-electron chi connectivity index (χ1n) is 7.87. The highest BCUT2D eigenvalue weighted by atomic mass is 32.2. The fourth-order valence-electron chi connectivity index (χ4n) is 2.79. The second-order valence-corrected chi connectivity index (χ2v) is 9.45. The Bertz CT molecular complexity index is 998. The summed E-state index contributed by atoms with van der Waals surface area (Å²) in [6, 6.07) is 23.1. The Hall–Kier alpha value is -2.00. The Labute approximate surface area is 149 Å². The lowest BCUT2D eigenvalue weighted by atomic mass is 10.2. The van der Waals surface area contributed by atoms with Crippen LogP contribution in [0.3, 0.4) is 0 Å². The van der Waals surface area contributed by atoms with Gasteiger partial charge in [0.25, 0.3) is 10.1 Å². The van der Waals surface area contributed by atoms with E-state index >= 15 is 0 Å². The Balaban J connectivity index is 2.28. The molecule has 0 aliphatic rings. The molecular weight excluding hydrogens is 351 g/mol. The predicted octanol–water partition coefficient (Wildman–Crippen LogP) is 3.31. The van der Waals surface area contributed by atoms with E-state index in [-0.39, 0.29) is 4.90 Å². The number of hydrogen-bond donors (Lipinski definition) is 1. The second-order valence-electron chi connectivity index (χ2n) is 5.88. The average Bonchev–Trinajstić information content (AvgIpc) is 2.58. The van der Waals surface area contributed by atoms with Crippen LogP contribution in [0.2, 0.25) is 0 Å². The summed E-state index contributed by atoms with van der Waals surface area (Å²) in [6.45, 7) is 4.04. The molecule has 3 aromatic carbocycles. The minimum atomic E-state index is -4.24. The summed E-state index contributed by atoms with van der Waals surface area (Å²) in [7, 11) is -5.17. The van der Waals surface area contributed by atoms with Crippen molar-refractivity contribution in [2.45, 2.75) is 18.7 Å². The van der Waals surface area contributed by atoms with Gasteiger partial charge in [-0.2, -0.15) is 8.42 Å². The predicted molar refractivity (Wildman–Crippen MR) is 104 cm³/mol. The molecule has 0 spiro atoms. The van der Waals surface area contributed by atoms with Crippen LogP contribution < -0.4 is 15.9 Å². The molecule has 0 aliphatic carbocycles. The lowest BCUT2D eigenvalue weighted by molar-refractivity contribution is 0.483. The van der Waals surface area contributed by atoms with Gasteiger partial charge in [-0.05, 0) is 60.9 Å². The largest absolute Gasteiger partial charge is 0.294 e. The normalized spacial score (nSPS) is 12.8. The molecule has 1 atom stereocenters. The molecule has 1 N–H and O–H groups in total. The van der Waals surface area contributed by atoms with Crippen LogP contribution in [0.15, 0.2) is 77.7 Å². The lowest BCUT2D eigenvalue weighted by Gasteiger charge is -2.23. The molecular formula is C20H19O3PS. The van der Waals surface area contributed by atoms with E-state index in [1.54, 1.807) is 12.1 Å². The van der Waals surface area contributed by atoms with Crippen LogP contribution >= 0.6 is 7.92 Å². The van der Waals surface area contributed by atoms with E-state index in [0.717, 1.165) is 21.7 Å². The molecule has 5 heteroatoms. The topological polar surface area (TPSA) is 54.4 Å². The first kappa shape index (κ1) is 17.8. The van der Waals surface area contributed by atoms with E-state index in [2.05, 4.69) is 31.2 Å². The minimum Gasteiger partial charge on any atom is -0.282 e. The Morgan fingerprint density at radius 3 is 2.00 bits per heavy atom. The third kappa shape index (κ3) is 3.82. The van der Waals surface area contributed by atoms with Gasteiger partial charge in [0.1, 0.15) is 0 Å². The van der Waals surface area contributed by atoms with E-state index in [1.165, 1.54) is 11.4 Å². The highest BCUT2D eigenvalue weighted by Crippen LogP contribution is 2.35. The van der Waals surface area contributed by atoms with Gasteiger partial charge in [0, 0.05) is 0 Å². The van der Waals surface area contributed by atoms with Crippen molar-refractivity contribution in [3.05, 3.63) is 83.9 Å². The van der Waals surface area contributed by atoms with Crippen molar-refractivity contribution in [3.63, 3.8) is 0 Å². The maximum atomic E-state index is 11.6. The van der Waals surface area contributed by atoms with Crippen molar-refractivity contribution in [3.8, 4) is 0 Å². The van der Waals surface area contributed by atoms with Crippen LogP contribution in [0, 0.1) is 13.8 Å². The van der Waals surface area contributed by atoms with Crippen LogP contribution in [0.25, 0.3) is 0 Å². The highest BCUT2D eigenvalue weighted by molar-refractivity contribution is 7.86. The van der Waals surface area contributed by atoms with Crippen molar-refractivity contribution in [2.24, 2.45) is 0 Å². The van der Waals surface area contributed by atoms with E-state index < -0.39 is 18.0 Å². The standard InChI is InChI=1S/C20H19O3PS/c1-15-8-6-7-11-19(15)24(17-9-4-3-5-10-17)20-14-18(25(21,22)23)13-12-16(20)2/h3-14H,1-2H3,(H,21,22,23). The van der Waals surface area contributed by atoms with Crippen LogP contribution in [-0.2, 0) is 10.1 Å². The first-order chi connectivity index (χ1) is 11.9. The molecule has 0 heterocycles. The monoisotopic (exact) mass is 370 g/mol. The lowest BCUT2D eigenvalue weighted by Crippen LogP contribution is -2.24. The molecule has 0 aliphatic heterocycles. The van der Waals surface area contributed by atoms with E-state index in [1.807, 2.05) is 37.3 Å². The second kappa shape index (κ2) is 7.09. The minimum absolute atomic E-state index is 0.0647. The van der Waals surface area contributed by atoms with Gasteiger partial charge in [-0.3, -0.25) is 4.55 Å². The third-order valence-electron chi connectivity index (χ3n) is 4.09. The number of benzene rings is 3. The zero-order valence-corrected chi connectivity index (χ0v) is 15.8. The Morgan fingerprint density at radius 1 is 0.760 bits per heavy atom.